The van der Waals surface area contributed by atoms with E-state index in [-0.39, 0.29) is 5.54 Å². The van der Waals surface area contributed by atoms with Crippen LogP contribution in [0.4, 0.5) is 0 Å². The zero-order valence-corrected chi connectivity index (χ0v) is 12.2. The van der Waals surface area contributed by atoms with Crippen molar-refractivity contribution in [2.75, 3.05) is 0 Å². The summed E-state index contributed by atoms with van der Waals surface area (Å²) in [6.07, 6.45) is 4.39. The van der Waals surface area contributed by atoms with Crippen LogP contribution in [0.15, 0.2) is 18.2 Å². The maximum absolute atomic E-state index is 6.63. The lowest BCUT2D eigenvalue weighted by Crippen LogP contribution is -2.42. The highest BCUT2D eigenvalue weighted by molar-refractivity contribution is 6.31. The number of benzene rings is 1. The molecule has 102 valence electrons. The Kier molecular flexibility index (Phi) is 3.06. The van der Waals surface area contributed by atoms with Crippen molar-refractivity contribution in [3.05, 3.63) is 29.0 Å². The van der Waals surface area contributed by atoms with Crippen molar-refractivity contribution < 1.29 is 0 Å². The minimum absolute atomic E-state index is 0.285. The first kappa shape index (κ1) is 12.9. The molecular weight excluding hydrogens is 258 g/mol. The van der Waals surface area contributed by atoms with Crippen molar-refractivity contribution in [2.45, 2.75) is 38.1 Å². The molecule has 1 heterocycles. The number of halogens is 1. The van der Waals surface area contributed by atoms with Gasteiger partial charge >= 0.3 is 0 Å². The third-order valence-corrected chi connectivity index (χ3v) is 4.69. The van der Waals surface area contributed by atoms with E-state index in [4.69, 9.17) is 22.3 Å². The van der Waals surface area contributed by atoms with Gasteiger partial charge in [-0.3, -0.25) is 0 Å². The van der Waals surface area contributed by atoms with Gasteiger partial charge in [-0.05, 0) is 49.8 Å². The van der Waals surface area contributed by atoms with E-state index < -0.39 is 0 Å². The Labute approximate surface area is 118 Å². The van der Waals surface area contributed by atoms with Crippen LogP contribution in [0.5, 0.6) is 0 Å². The maximum atomic E-state index is 6.63. The molecule has 0 amide bonds. The van der Waals surface area contributed by atoms with Crippen molar-refractivity contribution in [2.24, 2.45) is 18.7 Å². The molecule has 2 aromatic rings. The lowest BCUT2D eigenvalue weighted by atomic mass is 9.77. The Morgan fingerprint density at radius 2 is 2.05 bits per heavy atom. The summed E-state index contributed by atoms with van der Waals surface area (Å²) < 4.78 is 2.13. The summed E-state index contributed by atoms with van der Waals surface area (Å²) in [4.78, 5) is 4.75. The van der Waals surface area contributed by atoms with Gasteiger partial charge in [0.15, 0.2) is 0 Å². The largest absolute Gasteiger partial charge is 0.330 e. The molecule has 3 nitrogen and oxygen atoms in total. The van der Waals surface area contributed by atoms with Crippen molar-refractivity contribution in [3.8, 4) is 0 Å². The predicted molar refractivity (Wildman–Crippen MR) is 79.2 cm³/mol. The number of fused-ring (bicyclic) bond motifs is 1. The van der Waals surface area contributed by atoms with Crippen LogP contribution in [0.3, 0.4) is 0 Å². The third kappa shape index (κ3) is 2.15. The van der Waals surface area contributed by atoms with Crippen molar-refractivity contribution in [3.63, 3.8) is 0 Å². The van der Waals surface area contributed by atoms with Crippen LogP contribution in [0, 0.1) is 5.92 Å². The number of nitrogens with two attached hydrogens (primary N) is 1. The first-order chi connectivity index (χ1) is 8.99. The fourth-order valence-electron chi connectivity index (χ4n) is 3.12. The van der Waals surface area contributed by atoms with E-state index in [0.717, 1.165) is 40.6 Å². The molecule has 1 saturated carbocycles. The fourth-order valence-corrected chi connectivity index (χ4v) is 3.29. The first-order valence-electron chi connectivity index (χ1n) is 6.91. The molecule has 19 heavy (non-hydrogen) atoms. The molecular formula is C15H20ClN3. The van der Waals surface area contributed by atoms with Gasteiger partial charge in [0.1, 0.15) is 5.82 Å². The minimum atomic E-state index is -0.285. The van der Waals surface area contributed by atoms with E-state index in [2.05, 4.69) is 11.5 Å². The number of rotatable bonds is 1. The van der Waals surface area contributed by atoms with Crippen LogP contribution in [-0.4, -0.2) is 9.55 Å². The Morgan fingerprint density at radius 3 is 2.74 bits per heavy atom. The molecule has 4 heteroatoms. The minimum Gasteiger partial charge on any atom is -0.330 e. The molecule has 0 unspecified atom stereocenters. The molecule has 0 spiro atoms. The molecule has 0 aliphatic heterocycles. The highest BCUT2D eigenvalue weighted by atomic mass is 35.5. The van der Waals surface area contributed by atoms with E-state index in [1.807, 2.05) is 25.2 Å². The number of aryl methyl sites for hydroxylation is 1. The first-order valence-corrected chi connectivity index (χ1v) is 7.29. The van der Waals surface area contributed by atoms with Crippen molar-refractivity contribution in [1.82, 2.24) is 9.55 Å². The Hall–Kier alpha value is -1.06. The van der Waals surface area contributed by atoms with E-state index in [0.29, 0.717) is 0 Å². The maximum Gasteiger partial charge on any atom is 0.129 e. The second-order valence-corrected chi connectivity index (χ2v) is 6.40. The molecule has 1 aromatic carbocycles. The summed E-state index contributed by atoms with van der Waals surface area (Å²) in [5.41, 5.74) is 8.38. The van der Waals surface area contributed by atoms with Gasteiger partial charge in [-0.15, -0.1) is 0 Å². The molecule has 1 fully saturated rings. The predicted octanol–water partition coefficient (Wildman–Crippen LogP) is 3.59. The highest BCUT2D eigenvalue weighted by Gasteiger charge is 2.35. The Morgan fingerprint density at radius 1 is 1.37 bits per heavy atom. The molecule has 0 bridgehead atoms. The monoisotopic (exact) mass is 277 g/mol. The molecule has 0 atom stereocenters. The molecule has 1 aliphatic rings. The highest BCUT2D eigenvalue weighted by Crippen LogP contribution is 2.37. The summed E-state index contributed by atoms with van der Waals surface area (Å²) in [5, 5.41) is 0.723. The van der Waals surface area contributed by atoms with Gasteiger partial charge in [0.2, 0.25) is 0 Å². The standard InChI is InChI=1S/C15H20ClN3/c1-10-5-7-15(17,8-6-10)14-18-12-9-11(16)3-4-13(12)19(14)2/h3-4,9-10H,5-8,17H2,1-2H3. The van der Waals surface area contributed by atoms with Gasteiger partial charge in [-0.25, -0.2) is 4.98 Å². The summed E-state index contributed by atoms with van der Waals surface area (Å²) in [6.45, 7) is 2.30. The SMILES string of the molecule is CC1CCC(N)(c2nc3cc(Cl)ccc3n2C)CC1. The topological polar surface area (TPSA) is 43.8 Å². The zero-order valence-electron chi connectivity index (χ0n) is 11.5. The quantitative estimate of drug-likeness (QED) is 0.866. The van der Waals surface area contributed by atoms with E-state index >= 15 is 0 Å². The molecule has 2 N–H and O–H groups in total. The zero-order chi connectivity index (χ0) is 13.6. The molecule has 1 aromatic heterocycles. The van der Waals surface area contributed by atoms with Gasteiger partial charge in [0.05, 0.1) is 16.6 Å². The molecule has 0 radical (unpaired) electrons. The average Bonchev–Trinajstić information content (AvgIpc) is 2.71. The van der Waals surface area contributed by atoms with Crippen LogP contribution >= 0.6 is 11.6 Å². The average molecular weight is 278 g/mol. The van der Waals surface area contributed by atoms with Gasteiger partial charge in [-0.2, -0.15) is 0 Å². The summed E-state index contributed by atoms with van der Waals surface area (Å²) in [5.74, 6) is 1.78. The van der Waals surface area contributed by atoms with Gasteiger partial charge < -0.3 is 10.3 Å². The van der Waals surface area contributed by atoms with Gasteiger partial charge in [0.25, 0.3) is 0 Å². The van der Waals surface area contributed by atoms with E-state index in [1.165, 1.54) is 12.8 Å². The smallest absolute Gasteiger partial charge is 0.129 e. The van der Waals surface area contributed by atoms with Crippen LogP contribution in [-0.2, 0) is 12.6 Å². The van der Waals surface area contributed by atoms with Crippen LogP contribution in [0.25, 0.3) is 11.0 Å². The van der Waals surface area contributed by atoms with Crippen molar-refractivity contribution in [1.29, 1.82) is 0 Å². The van der Waals surface area contributed by atoms with Gasteiger partial charge in [0, 0.05) is 12.1 Å². The summed E-state index contributed by atoms with van der Waals surface area (Å²) >= 11 is 6.04. The van der Waals surface area contributed by atoms with Crippen LogP contribution in [0.1, 0.15) is 38.4 Å². The summed E-state index contributed by atoms with van der Waals surface area (Å²) in [7, 11) is 2.05. The number of imidazole rings is 1. The molecule has 3 rings (SSSR count). The summed E-state index contributed by atoms with van der Waals surface area (Å²) in [6, 6.07) is 5.83. The Bertz CT molecular complexity index is 609. The normalized spacial score (nSPS) is 27.9. The fraction of sp³-hybridized carbons (Fsp3) is 0.533. The molecule has 0 saturated heterocycles. The third-order valence-electron chi connectivity index (χ3n) is 4.45. The van der Waals surface area contributed by atoms with E-state index in [1.54, 1.807) is 0 Å². The van der Waals surface area contributed by atoms with Crippen molar-refractivity contribution >= 4 is 22.6 Å². The Balaban J connectivity index is 2.07. The second kappa shape index (κ2) is 4.50. The van der Waals surface area contributed by atoms with E-state index in [9.17, 15) is 0 Å². The lowest BCUT2D eigenvalue weighted by molar-refractivity contribution is 0.233. The van der Waals surface area contributed by atoms with Crippen LogP contribution in [0.2, 0.25) is 5.02 Å². The van der Waals surface area contributed by atoms with Crippen LogP contribution < -0.4 is 5.73 Å². The molecule has 1 aliphatic carbocycles. The number of hydrogen-bond acceptors (Lipinski definition) is 2. The number of aromatic nitrogens is 2. The van der Waals surface area contributed by atoms with Gasteiger partial charge in [-0.1, -0.05) is 18.5 Å². The lowest BCUT2D eigenvalue weighted by Gasteiger charge is -2.35. The number of nitrogens with zero attached hydrogens (tertiary/aromatic N) is 2. The second-order valence-electron chi connectivity index (χ2n) is 5.97. The number of hydrogen-bond donors (Lipinski definition) is 1.